The van der Waals surface area contributed by atoms with E-state index in [1.807, 2.05) is 41.8 Å². The molecule has 1 atom stereocenters. The maximum Gasteiger partial charge on any atom is 0.240 e. The molecule has 22 heavy (non-hydrogen) atoms. The third-order valence-electron chi connectivity index (χ3n) is 3.22. The number of carbonyl (C=O) groups excluding carboxylic acids is 1. The molecule has 0 saturated heterocycles. The van der Waals surface area contributed by atoms with Gasteiger partial charge >= 0.3 is 0 Å². The molecule has 0 radical (unpaired) electrons. The van der Waals surface area contributed by atoms with Gasteiger partial charge in [0.2, 0.25) is 5.91 Å². The largest absolute Gasteiger partial charge is 0.383 e. The molecule has 6 nitrogen and oxygen atoms in total. The molecule has 0 bridgehead atoms. The topological polar surface area (TPSA) is 60.2 Å². The van der Waals surface area contributed by atoms with E-state index in [0.29, 0.717) is 13.2 Å². The molecule has 118 valence electrons. The van der Waals surface area contributed by atoms with Gasteiger partial charge in [-0.05, 0) is 19.1 Å². The fourth-order valence-corrected chi connectivity index (χ4v) is 2.88. The van der Waals surface area contributed by atoms with Crippen molar-refractivity contribution in [3.8, 4) is 0 Å². The zero-order valence-electron chi connectivity index (χ0n) is 13.0. The molecule has 1 aromatic carbocycles. The van der Waals surface area contributed by atoms with Crippen LogP contribution in [0.15, 0.2) is 41.8 Å². The SMILES string of the molecule is COCCn1cnnc1SC(C)C(=O)N(C)c1ccccc1. The fourth-order valence-electron chi connectivity index (χ4n) is 1.94. The minimum atomic E-state index is -0.254. The lowest BCUT2D eigenvalue weighted by Gasteiger charge is -2.21. The van der Waals surface area contributed by atoms with Crippen LogP contribution in [0.1, 0.15) is 6.92 Å². The summed E-state index contributed by atoms with van der Waals surface area (Å²) in [6.07, 6.45) is 1.65. The zero-order chi connectivity index (χ0) is 15.9. The molecular formula is C15H20N4O2S. The highest BCUT2D eigenvalue weighted by atomic mass is 32.2. The monoisotopic (exact) mass is 320 g/mol. The zero-order valence-corrected chi connectivity index (χ0v) is 13.8. The summed E-state index contributed by atoms with van der Waals surface area (Å²) in [6, 6.07) is 9.58. The van der Waals surface area contributed by atoms with Gasteiger partial charge < -0.3 is 14.2 Å². The van der Waals surface area contributed by atoms with Gasteiger partial charge in [-0.1, -0.05) is 30.0 Å². The summed E-state index contributed by atoms with van der Waals surface area (Å²) in [6.45, 7) is 3.13. The number of benzene rings is 1. The van der Waals surface area contributed by atoms with Crippen molar-refractivity contribution in [3.05, 3.63) is 36.7 Å². The number of hydrogen-bond acceptors (Lipinski definition) is 5. The number of ether oxygens (including phenoxy) is 1. The van der Waals surface area contributed by atoms with Crippen LogP contribution in [0.5, 0.6) is 0 Å². The van der Waals surface area contributed by atoms with E-state index in [1.54, 1.807) is 25.4 Å². The Kier molecular flexibility index (Phi) is 5.97. The van der Waals surface area contributed by atoms with Crippen molar-refractivity contribution >= 4 is 23.4 Å². The first-order chi connectivity index (χ1) is 10.6. The van der Waals surface area contributed by atoms with Crippen molar-refractivity contribution < 1.29 is 9.53 Å². The van der Waals surface area contributed by atoms with Crippen molar-refractivity contribution in [1.29, 1.82) is 0 Å². The maximum atomic E-state index is 12.5. The first-order valence-electron chi connectivity index (χ1n) is 6.99. The van der Waals surface area contributed by atoms with Crippen molar-refractivity contribution in [2.24, 2.45) is 0 Å². The van der Waals surface area contributed by atoms with Gasteiger partial charge in [-0.25, -0.2) is 0 Å². The molecule has 0 aliphatic rings. The number of methoxy groups -OCH3 is 1. The highest BCUT2D eigenvalue weighted by molar-refractivity contribution is 8.00. The van der Waals surface area contributed by atoms with E-state index in [0.717, 1.165) is 10.8 Å². The summed E-state index contributed by atoms with van der Waals surface area (Å²) in [5, 5.41) is 8.44. The molecule has 1 unspecified atom stereocenters. The smallest absolute Gasteiger partial charge is 0.240 e. The number of para-hydroxylation sites is 1. The van der Waals surface area contributed by atoms with E-state index in [2.05, 4.69) is 10.2 Å². The van der Waals surface area contributed by atoms with Gasteiger partial charge in [0.1, 0.15) is 6.33 Å². The number of nitrogens with zero attached hydrogens (tertiary/aromatic N) is 4. The van der Waals surface area contributed by atoms with E-state index in [1.165, 1.54) is 11.8 Å². The van der Waals surface area contributed by atoms with Crippen molar-refractivity contribution in [2.75, 3.05) is 25.7 Å². The predicted molar refractivity (Wildman–Crippen MR) is 87.1 cm³/mol. The Bertz CT molecular complexity index is 603. The minimum Gasteiger partial charge on any atom is -0.383 e. The Morgan fingerprint density at radius 1 is 1.41 bits per heavy atom. The second kappa shape index (κ2) is 7.95. The van der Waals surface area contributed by atoms with Crippen LogP contribution < -0.4 is 4.90 Å². The summed E-state index contributed by atoms with van der Waals surface area (Å²) in [7, 11) is 3.43. The second-order valence-corrected chi connectivity index (χ2v) is 6.10. The Labute approximate surface area is 134 Å². The molecule has 0 saturated carbocycles. The van der Waals surface area contributed by atoms with E-state index in [9.17, 15) is 4.79 Å². The van der Waals surface area contributed by atoms with Crippen LogP contribution in [0.3, 0.4) is 0 Å². The third kappa shape index (κ3) is 4.08. The van der Waals surface area contributed by atoms with E-state index >= 15 is 0 Å². The summed E-state index contributed by atoms with van der Waals surface area (Å²) >= 11 is 1.40. The first-order valence-corrected chi connectivity index (χ1v) is 7.87. The van der Waals surface area contributed by atoms with Crippen LogP contribution >= 0.6 is 11.8 Å². The average Bonchev–Trinajstić information content (AvgIpc) is 2.99. The molecule has 0 fully saturated rings. The van der Waals surface area contributed by atoms with Crippen LogP contribution in [0.4, 0.5) is 5.69 Å². The Hall–Kier alpha value is -1.86. The molecular weight excluding hydrogens is 300 g/mol. The van der Waals surface area contributed by atoms with E-state index < -0.39 is 0 Å². The lowest BCUT2D eigenvalue weighted by Crippen LogP contribution is -2.33. The standard InChI is InChI=1S/C15H20N4O2S/c1-12(14(20)18(2)13-7-5-4-6-8-13)22-15-17-16-11-19(15)9-10-21-3/h4-8,11-12H,9-10H2,1-3H3. The maximum absolute atomic E-state index is 12.5. The Morgan fingerprint density at radius 3 is 2.82 bits per heavy atom. The molecule has 0 aliphatic heterocycles. The Morgan fingerprint density at radius 2 is 2.14 bits per heavy atom. The van der Waals surface area contributed by atoms with Gasteiger partial charge in [-0.3, -0.25) is 4.79 Å². The van der Waals surface area contributed by atoms with Gasteiger partial charge in [0, 0.05) is 26.4 Å². The Balaban J connectivity index is 2.01. The van der Waals surface area contributed by atoms with Crippen LogP contribution in [0.25, 0.3) is 0 Å². The number of carbonyl (C=O) groups is 1. The van der Waals surface area contributed by atoms with Gasteiger partial charge in [0.25, 0.3) is 0 Å². The van der Waals surface area contributed by atoms with E-state index in [4.69, 9.17) is 4.74 Å². The van der Waals surface area contributed by atoms with Crippen LogP contribution in [-0.4, -0.2) is 46.7 Å². The predicted octanol–water partition coefficient (Wildman–Crippen LogP) is 2.07. The number of anilines is 1. The number of amides is 1. The second-order valence-electron chi connectivity index (χ2n) is 4.79. The molecule has 1 heterocycles. The molecule has 1 amide bonds. The summed E-state index contributed by atoms with van der Waals surface area (Å²) in [4.78, 5) is 14.2. The highest BCUT2D eigenvalue weighted by Gasteiger charge is 2.21. The lowest BCUT2D eigenvalue weighted by molar-refractivity contribution is -0.117. The molecule has 2 aromatic rings. The van der Waals surface area contributed by atoms with Crippen molar-refractivity contribution in [2.45, 2.75) is 23.9 Å². The molecule has 0 aliphatic carbocycles. The molecule has 2 rings (SSSR count). The summed E-state index contributed by atoms with van der Waals surface area (Å²) < 4.78 is 6.95. The van der Waals surface area contributed by atoms with Gasteiger partial charge in [-0.2, -0.15) is 0 Å². The third-order valence-corrected chi connectivity index (χ3v) is 4.30. The molecule has 7 heteroatoms. The normalized spacial score (nSPS) is 12.1. The van der Waals surface area contributed by atoms with Gasteiger partial charge in [0.15, 0.2) is 5.16 Å². The molecule has 0 spiro atoms. The highest BCUT2D eigenvalue weighted by Crippen LogP contribution is 2.24. The van der Waals surface area contributed by atoms with Crippen molar-refractivity contribution in [1.82, 2.24) is 14.8 Å². The van der Waals surface area contributed by atoms with Crippen LogP contribution in [0, 0.1) is 0 Å². The van der Waals surface area contributed by atoms with Crippen LogP contribution in [0.2, 0.25) is 0 Å². The minimum absolute atomic E-state index is 0.0255. The number of thioether (sulfide) groups is 1. The lowest BCUT2D eigenvalue weighted by atomic mass is 10.3. The summed E-state index contributed by atoms with van der Waals surface area (Å²) in [5.41, 5.74) is 0.876. The van der Waals surface area contributed by atoms with Crippen LogP contribution in [-0.2, 0) is 16.1 Å². The molecule has 1 aromatic heterocycles. The number of aromatic nitrogens is 3. The number of rotatable bonds is 7. The fraction of sp³-hybridized carbons (Fsp3) is 0.400. The van der Waals surface area contributed by atoms with Crippen molar-refractivity contribution in [3.63, 3.8) is 0 Å². The summed E-state index contributed by atoms with van der Waals surface area (Å²) in [5.74, 6) is 0.0255. The van der Waals surface area contributed by atoms with Gasteiger partial charge in [0.05, 0.1) is 11.9 Å². The quantitative estimate of drug-likeness (QED) is 0.731. The molecule has 0 N–H and O–H groups in total. The van der Waals surface area contributed by atoms with E-state index in [-0.39, 0.29) is 11.2 Å². The average molecular weight is 320 g/mol. The first kappa shape index (κ1) is 16.5. The number of hydrogen-bond donors (Lipinski definition) is 0. The van der Waals surface area contributed by atoms with Gasteiger partial charge in [-0.15, -0.1) is 10.2 Å².